The van der Waals surface area contributed by atoms with Gasteiger partial charge >= 0.3 is 6.18 Å². The van der Waals surface area contributed by atoms with Crippen LogP contribution in [-0.4, -0.2) is 204 Å². The summed E-state index contributed by atoms with van der Waals surface area (Å²) in [5.74, 6) is -2.13. The fourth-order valence-corrected chi connectivity index (χ4v) is 9.21. The van der Waals surface area contributed by atoms with Crippen LogP contribution in [0.2, 0.25) is 0 Å². The van der Waals surface area contributed by atoms with Gasteiger partial charge in [0.05, 0.1) is 78.5 Å². The maximum absolute atomic E-state index is 15.6. The van der Waals surface area contributed by atoms with Crippen molar-refractivity contribution >= 4 is 218 Å². The highest BCUT2D eigenvalue weighted by Crippen LogP contribution is 2.40. The average molecular weight is 863 g/mol. The quantitative estimate of drug-likeness (QED) is 0.0580. The number of amides is 1. The Kier molecular flexibility index (Phi) is 15.3. The lowest BCUT2D eigenvalue weighted by atomic mass is 9.33. The molecule has 0 atom stereocenters. The molecule has 67 heavy (non-hydrogen) atoms. The molecule has 31 heteroatoms. The van der Waals surface area contributed by atoms with Crippen LogP contribution in [0.25, 0.3) is 11.1 Å². The number of carbonyl (C=O) groups excluding carboxylic acids is 1. The predicted molar refractivity (Wildman–Crippen MR) is 276 cm³/mol. The molecule has 4 aromatic rings. The first-order chi connectivity index (χ1) is 30.3. The predicted octanol–water partition coefficient (Wildman–Crippen LogP) is -8.57. The molecule has 5 rings (SSSR count). The molecule has 0 bridgehead atoms. The van der Waals surface area contributed by atoms with Crippen molar-refractivity contribution in [2.45, 2.75) is 82.2 Å². The van der Waals surface area contributed by atoms with Crippen molar-refractivity contribution in [3.8, 4) is 11.1 Å². The van der Waals surface area contributed by atoms with Gasteiger partial charge in [-0.05, 0) is 68.9 Å². The number of aromatic nitrogens is 2. The molecular weight excluding hydrogens is 845 g/mol. The molecule has 288 valence electrons. The van der Waals surface area contributed by atoms with Gasteiger partial charge in [0, 0.05) is 28.7 Å². The van der Waals surface area contributed by atoms with Gasteiger partial charge in [-0.1, -0.05) is 92.1 Å². The van der Waals surface area contributed by atoms with E-state index >= 15 is 4.79 Å². The topological polar surface area (TPSA) is 58.4 Å². The van der Waals surface area contributed by atoms with E-state index in [-0.39, 0.29) is 29.7 Å². The summed E-state index contributed by atoms with van der Waals surface area (Å²) < 4.78 is 55.0. The Balaban J connectivity index is 1.82. The fourth-order valence-electron chi connectivity index (χ4n) is 8.18. The zero-order valence-electron chi connectivity index (χ0n) is 36.2. The molecule has 0 unspecified atom stereocenters. The fraction of sp³-hybridized carbons (Fsp3) is 0.361. The molecule has 0 N–H and O–H groups in total. The molecule has 1 aliphatic carbocycles. The molecule has 0 fully saturated rings. The standard InChI is InChI=1S/C36H18B20F4N4O2S/c1-30(45,46)64(31(2,47)48)36(55,56)35(53,54)62(10-14-19(37)21(39)16(22(40)20(14)38)17-23(41)25(43)18(34(58,59)60)26(44)24(17)42)28(66)32(49,50)63-15-5-3-4-13(15)27(65)61-29(63)67-33(51,52)11-6-8-12(57)9-7-11/h6-9H,3-5,10H2,1-2H3. The molecule has 0 saturated carbocycles. The summed E-state index contributed by atoms with van der Waals surface area (Å²) in [7, 11) is 129. The molecule has 0 spiro atoms. The van der Waals surface area contributed by atoms with Crippen molar-refractivity contribution in [1.29, 1.82) is 0 Å². The largest absolute Gasteiger partial charge is 0.415 e. The SMILES string of the molecule is [B]c1c([B])c(-c2c([B])c([B])c(C(F)(F)F)c([B])c2[B])c([B])c([B])c1CN(C(=O)C([B])([B])n1c(SC([B])([B])c2ccc(F)cc2)nc(=O)c2c1CCC2)C([B])([B])C([B])([B])N(C([B])([B])C)C([B])([B])C. The van der Waals surface area contributed by atoms with Crippen LogP contribution in [0.15, 0.2) is 34.2 Å². The van der Waals surface area contributed by atoms with Gasteiger partial charge in [-0.2, -0.15) is 18.2 Å². The molecule has 1 aromatic heterocycles. The van der Waals surface area contributed by atoms with Gasteiger partial charge < -0.3 is 14.4 Å². The van der Waals surface area contributed by atoms with Gasteiger partial charge in [0.15, 0.2) is 5.16 Å². The minimum atomic E-state index is -5.11. The Morgan fingerprint density at radius 3 is 1.57 bits per heavy atom. The van der Waals surface area contributed by atoms with E-state index in [1.165, 1.54) is 12.1 Å². The summed E-state index contributed by atoms with van der Waals surface area (Å²) in [6.07, 6.45) is -4.51. The van der Waals surface area contributed by atoms with E-state index in [0.29, 0.717) is 28.0 Å². The van der Waals surface area contributed by atoms with Crippen LogP contribution < -0.4 is 49.3 Å². The Bertz CT molecular complexity index is 2640. The summed E-state index contributed by atoms with van der Waals surface area (Å²) in [6, 6.07) is 4.68. The minimum Gasteiger partial charge on any atom is -0.349 e. The van der Waals surface area contributed by atoms with E-state index in [0.717, 1.165) is 30.5 Å². The number of halogens is 4. The van der Waals surface area contributed by atoms with E-state index in [2.05, 4.69) is 4.98 Å². The van der Waals surface area contributed by atoms with E-state index in [1.807, 2.05) is 0 Å². The van der Waals surface area contributed by atoms with Crippen LogP contribution in [-0.2, 0) is 40.2 Å². The van der Waals surface area contributed by atoms with Crippen molar-refractivity contribution < 1.29 is 22.4 Å². The highest BCUT2D eigenvalue weighted by molar-refractivity contribution is 8.02. The first-order valence-electron chi connectivity index (χ1n) is 19.5. The van der Waals surface area contributed by atoms with Crippen LogP contribution in [0.4, 0.5) is 17.6 Å². The summed E-state index contributed by atoms with van der Waals surface area (Å²) in [5.41, 5.74) is -9.06. The van der Waals surface area contributed by atoms with Crippen LogP contribution in [0, 0.1) is 5.82 Å². The maximum Gasteiger partial charge on any atom is 0.415 e. The highest BCUT2D eigenvalue weighted by Gasteiger charge is 2.52. The number of hydrogen-bond acceptors (Lipinski definition) is 5. The molecule has 6 nitrogen and oxygen atoms in total. The number of hydrogen-bond donors (Lipinski definition) is 0. The Labute approximate surface area is 419 Å². The van der Waals surface area contributed by atoms with Crippen LogP contribution in [0.5, 0.6) is 0 Å². The molecule has 1 amide bonds. The first kappa shape index (κ1) is 55.3. The second-order valence-corrected chi connectivity index (χ2v) is 18.0. The zero-order valence-corrected chi connectivity index (χ0v) is 37.0. The minimum absolute atomic E-state index is 0.0850. The van der Waals surface area contributed by atoms with Gasteiger partial charge in [-0.25, -0.2) is 4.39 Å². The summed E-state index contributed by atoms with van der Waals surface area (Å²) in [4.78, 5) is 34.3. The van der Waals surface area contributed by atoms with Gasteiger partial charge in [-0.3, -0.25) is 9.59 Å². The van der Waals surface area contributed by atoms with Gasteiger partial charge in [-0.15, -0.1) is 0 Å². The molecule has 3 aromatic carbocycles. The second-order valence-electron chi connectivity index (χ2n) is 16.8. The van der Waals surface area contributed by atoms with Gasteiger partial charge in [0.25, 0.3) is 5.56 Å². The Morgan fingerprint density at radius 2 is 1.13 bits per heavy atom. The smallest absolute Gasteiger partial charge is 0.349 e. The lowest BCUT2D eigenvalue weighted by Crippen LogP contribution is -2.82. The van der Waals surface area contributed by atoms with Crippen molar-refractivity contribution in [1.82, 2.24) is 19.4 Å². The molecule has 40 radical (unpaired) electrons. The average Bonchev–Trinajstić information content (AvgIpc) is 3.66. The van der Waals surface area contributed by atoms with Crippen molar-refractivity contribution in [3.63, 3.8) is 0 Å². The molecule has 0 aliphatic heterocycles. The van der Waals surface area contributed by atoms with E-state index in [9.17, 15) is 22.4 Å². The lowest BCUT2D eigenvalue weighted by Gasteiger charge is -2.66. The molecule has 0 saturated heterocycles. The van der Waals surface area contributed by atoms with Crippen LogP contribution in [0.3, 0.4) is 0 Å². The number of rotatable bonds is 13. The third-order valence-electron chi connectivity index (χ3n) is 11.3. The van der Waals surface area contributed by atoms with Gasteiger partial charge in [0.1, 0.15) is 84.3 Å². The van der Waals surface area contributed by atoms with E-state index in [1.54, 1.807) is 0 Å². The number of alkyl halides is 3. The number of nitrogens with zero attached hydrogens (tertiary/aromatic N) is 4. The number of thioether (sulfide) groups is 1. The number of benzene rings is 3. The molecule has 1 aliphatic rings. The monoisotopic (exact) mass is 866 g/mol. The number of fused-ring (bicyclic) bond motifs is 1. The Hall–Kier alpha value is -2.66. The normalized spacial score (nSPS) is 14.0. The molecule has 1 heterocycles. The highest BCUT2D eigenvalue weighted by atomic mass is 32.2. The van der Waals surface area contributed by atoms with Crippen LogP contribution >= 0.6 is 11.8 Å². The van der Waals surface area contributed by atoms with Crippen molar-refractivity contribution in [2.75, 3.05) is 0 Å². The van der Waals surface area contributed by atoms with Crippen molar-refractivity contribution in [2.24, 2.45) is 0 Å². The van der Waals surface area contributed by atoms with Crippen LogP contribution in [0.1, 0.15) is 48.2 Å². The van der Waals surface area contributed by atoms with E-state index < -0.39 is 132 Å². The Morgan fingerprint density at radius 1 is 0.687 bits per heavy atom. The maximum atomic E-state index is 15.6. The summed E-state index contributed by atoms with van der Waals surface area (Å²) >= 11 is 0.505. The van der Waals surface area contributed by atoms with E-state index in [4.69, 9.17) is 157 Å². The number of carbonyl (C=O) groups is 1. The summed E-state index contributed by atoms with van der Waals surface area (Å²) in [5, 5.41) is -13.9. The van der Waals surface area contributed by atoms with Crippen molar-refractivity contribution in [3.05, 3.63) is 68.4 Å². The summed E-state index contributed by atoms with van der Waals surface area (Å²) in [6.45, 7) is 1.24. The lowest BCUT2D eigenvalue weighted by molar-refractivity contribution is -0.138. The van der Waals surface area contributed by atoms with Gasteiger partial charge in [0.2, 0.25) is 5.91 Å². The molecular formula is C36H18B20F4N4O2S. The third-order valence-corrected chi connectivity index (χ3v) is 12.3. The second kappa shape index (κ2) is 18.5. The first-order valence-corrected chi connectivity index (χ1v) is 20.3. The zero-order chi connectivity index (χ0) is 51.3. The third kappa shape index (κ3) is 9.88.